The maximum absolute atomic E-state index is 5.19. The quantitative estimate of drug-likeness (QED) is 0.814. The third-order valence-electron chi connectivity index (χ3n) is 1.74. The Morgan fingerprint density at radius 2 is 2.14 bits per heavy atom. The Balaban J connectivity index is 2.56. The van der Waals surface area contributed by atoms with Crippen molar-refractivity contribution in [2.45, 2.75) is 0 Å². The summed E-state index contributed by atoms with van der Waals surface area (Å²) in [5.74, 6) is 0.723. The lowest BCUT2D eigenvalue weighted by Crippen LogP contribution is -2.00. The molecular weight excluding hydrogens is 248 g/mol. The van der Waals surface area contributed by atoms with Crippen LogP contribution in [0.15, 0.2) is 29.0 Å². The number of methoxy groups -OCH3 is 1. The van der Waals surface area contributed by atoms with Crippen molar-refractivity contribution in [3.63, 3.8) is 0 Å². The number of benzene rings is 1. The molecule has 1 heterocycles. The number of hydrogen-bond donors (Lipinski definition) is 0. The van der Waals surface area contributed by atoms with Gasteiger partial charge in [-0.15, -0.1) is 5.10 Å². The van der Waals surface area contributed by atoms with Gasteiger partial charge in [-0.1, -0.05) is 12.1 Å². The van der Waals surface area contributed by atoms with Crippen LogP contribution in [0.3, 0.4) is 0 Å². The smallest absolute Gasteiger partial charge is 0.223 e. The van der Waals surface area contributed by atoms with Crippen molar-refractivity contribution in [1.29, 1.82) is 0 Å². The van der Waals surface area contributed by atoms with Gasteiger partial charge in [0.25, 0.3) is 0 Å². The summed E-state index contributed by atoms with van der Waals surface area (Å²) >= 11 is 3.24. The molecule has 0 saturated carbocycles. The Labute approximate surface area is 88.8 Å². The molecular formula is C8H7BrN4O. The molecule has 0 N–H and O–H groups in total. The molecule has 1 aromatic heterocycles. The average Bonchev–Trinajstić information content (AvgIpc) is 2.64. The molecule has 0 atom stereocenters. The highest BCUT2D eigenvalue weighted by Crippen LogP contribution is 2.22. The van der Waals surface area contributed by atoms with Gasteiger partial charge in [-0.05, 0) is 38.5 Å². The first-order chi connectivity index (χ1) is 6.83. The first kappa shape index (κ1) is 9.14. The Bertz CT molecular complexity index is 442. The van der Waals surface area contributed by atoms with Crippen LogP contribution in [0.1, 0.15) is 0 Å². The second kappa shape index (κ2) is 3.75. The zero-order chi connectivity index (χ0) is 9.97. The van der Waals surface area contributed by atoms with Gasteiger partial charge < -0.3 is 4.74 Å². The number of halogens is 1. The summed E-state index contributed by atoms with van der Waals surface area (Å²) in [6.07, 6.45) is 0. The van der Waals surface area contributed by atoms with E-state index in [2.05, 4.69) is 31.5 Å². The second-order valence-electron chi connectivity index (χ2n) is 2.53. The van der Waals surface area contributed by atoms with Gasteiger partial charge in [0.05, 0.1) is 7.11 Å². The molecule has 0 aliphatic rings. The monoisotopic (exact) mass is 254 g/mol. The highest BCUT2D eigenvalue weighted by molar-refractivity contribution is 9.10. The summed E-state index contributed by atoms with van der Waals surface area (Å²) in [6, 6.07) is 7.51. The largest absolute Gasteiger partial charge is 0.494 e. The molecule has 0 amide bonds. The van der Waals surface area contributed by atoms with Gasteiger partial charge in [0, 0.05) is 0 Å². The first-order valence-electron chi connectivity index (χ1n) is 3.90. The van der Waals surface area contributed by atoms with Gasteiger partial charge in [-0.2, -0.15) is 4.68 Å². The third kappa shape index (κ3) is 1.48. The second-order valence-corrected chi connectivity index (χ2v) is 3.24. The minimum Gasteiger partial charge on any atom is -0.494 e. The average molecular weight is 255 g/mol. The number of nitrogens with zero attached hydrogens (tertiary/aromatic N) is 4. The van der Waals surface area contributed by atoms with E-state index in [4.69, 9.17) is 4.74 Å². The summed E-state index contributed by atoms with van der Waals surface area (Å²) in [7, 11) is 1.61. The summed E-state index contributed by atoms with van der Waals surface area (Å²) in [4.78, 5) is 0. The molecule has 0 spiro atoms. The number of rotatable bonds is 2. The lowest BCUT2D eigenvalue weighted by molar-refractivity contribution is 0.411. The van der Waals surface area contributed by atoms with E-state index in [1.54, 1.807) is 11.8 Å². The molecule has 72 valence electrons. The predicted octanol–water partition coefficient (Wildman–Crippen LogP) is 1.43. The SMILES string of the molecule is COc1ccccc1-n1nnnc1Br. The Morgan fingerprint density at radius 1 is 1.36 bits per heavy atom. The van der Waals surface area contributed by atoms with Crippen LogP contribution in [-0.2, 0) is 0 Å². The molecule has 14 heavy (non-hydrogen) atoms. The van der Waals surface area contributed by atoms with Crippen LogP contribution in [-0.4, -0.2) is 27.3 Å². The number of para-hydroxylation sites is 2. The van der Waals surface area contributed by atoms with E-state index < -0.39 is 0 Å². The number of ether oxygens (including phenoxy) is 1. The van der Waals surface area contributed by atoms with E-state index in [-0.39, 0.29) is 0 Å². The van der Waals surface area contributed by atoms with E-state index in [0.717, 1.165) is 11.4 Å². The molecule has 0 aliphatic carbocycles. The molecule has 0 fully saturated rings. The zero-order valence-corrected chi connectivity index (χ0v) is 8.97. The van der Waals surface area contributed by atoms with Crippen molar-refractivity contribution in [2.75, 3.05) is 7.11 Å². The highest BCUT2D eigenvalue weighted by Gasteiger charge is 2.09. The van der Waals surface area contributed by atoms with E-state index in [0.29, 0.717) is 4.73 Å². The highest BCUT2D eigenvalue weighted by atomic mass is 79.9. The van der Waals surface area contributed by atoms with Gasteiger partial charge in [0.15, 0.2) is 0 Å². The Morgan fingerprint density at radius 3 is 2.79 bits per heavy atom. The number of aromatic nitrogens is 4. The molecule has 0 unspecified atom stereocenters. The zero-order valence-electron chi connectivity index (χ0n) is 7.38. The van der Waals surface area contributed by atoms with E-state index in [1.807, 2.05) is 24.3 Å². The summed E-state index contributed by atoms with van der Waals surface area (Å²) in [5, 5.41) is 11.1. The van der Waals surface area contributed by atoms with E-state index in [1.165, 1.54) is 0 Å². The predicted molar refractivity (Wildman–Crippen MR) is 53.4 cm³/mol. The fourth-order valence-corrected chi connectivity index (χ4v) is 1.46. The van der Waals surface area contributed by atoms with Crippen molar-refractivity contribution in [3.8, 4) is 11.4 Å². The molecule has 0 radical (unpaired) electrons. The molecule has 1 aromatic carbocycles. The summed E-state index contributed by atoms with van der Waals surface area (Å²) in [6.45, 7) is 0. The summed E-state index contributed by atoms with van der Waals surface area (Å²) in [5.41, 5.74) is 0.798. The van der Waals surface area contributed by atoms with Crippen molar-refractivity contribution in [1.82, 2.24) is 20.2 Å². The van der Waals surface area contributed by atoms with Gasteiger partial charge in [-0.3, -0.25) is 0 Å². The van der Waals surface area contributed by atoms with Gasteiger partial charge >= 0.3 is 0 Å². The van der Waals surface area contributed by atoms with Crippen LogP contribution in [0.4, 0.5) is 0 Å². The van der Waals surface area contributed by atoms with Crippen molar-refractivity contribution >= 4 is 15.9 Å². The standard InChI is InChI=1S/C8H7BrN4O/c1-14-7-5-3-2-4-6(7)13-8(9)10-11-12-13/h2-5H,1H3. The maximum atomic E-state index is 5.19. The molecule has 2 aromatic rings. The lowest BCUT2D eigenvalue weighted by Gasteiger charge is -2.06. The summed E-state index contributed by atoms with van der Waals surface area (Å²) < 4.78 is 7.28. The van der Waals surface area contributed by atoms with Crippen LogP contribution in [0.5, 0.6) is 5.75 Å². The Kier molecular flexibility index (Phi) is 2.45. The first-order valence-corrected chi connectivity index (χ1v) is 4.69. The Hall–Kier alpha value is -1.43. The third-order valence-corrected chi connectivity index (χ3v) is 2.24. The molecule has 0 saturated heterocycles. The molecule has 0 aliphatic heterocycles. The van der Waals surface area contributed by atoms with E-state index in [9.17, 15) is 0 Å². The van der Waals surface area contributed by atoms with Crippen LogP contribution in [0, 0.1) is 0 Å². The number of hydrogen-bond acceptors (Lipinski definition) is 4. The normalized spacial score (nSPS) is 10.1. The minimum absolute atomic E-state index is 0.544. The minimum atomic E-state index is 0.544. The fraction of sp³-hybridized carbons (Fsp3) is 0.125. The van der Waals surface area contributed by atoms with Gasteiger partial charge in [-0.25, -0.2) is 0 Å². The number of tetrazole rings is 1. The van der Waals surface area contributed by atoms with Crippen molar-refractivity contribution < 1.29 is 4.74 Å². The van der Waals surface area contributed by atoms with Gasteiger partial charge in [0.2, 0.25) is 4.73 Å². The molecule has 2 rings (SSSR count). The van der Waals surface area contributed by atoms with Crippen molar-refractivity contribution in [2.24, 2.45) is 0 Å². The molecule has 0 bridgehead atoms. The van der Waals surface area contributed by atoms with Crippen LogP contribution in [0.2, 0.25) is 0 Å². The van der Waals surface area contributed by atoms with Crippen LogP contribution < -0.4 is 4.74 Å². The van der Waals surface area contributed by atoms with Crippen LogP contribution >= 0.6 is 15.9 Å². The van der Waals surface area contributed by atoms with Gasteiger partial charge in [0.1, 0.15) is 11.4 Å². The topological polar surface area (TPSA) is 52.8 Å². The fourth-order valence-electron chi connectivity index (χ4n) is 1.13. The molecule has 6 heteroatoms. The maximum Gasteiger partial charge on any atom is 0.223 e. The van der Waals surface area contributed by atoms with E-state index >= 15 is 0 Å². The van der Waals surface area contributed by atoms with Crippen LogP contribution in [0.25, 0.3) is 5.69 Å². The molecule has 5 nitrogen and oxygen atoms in total. The van der Waals surface area contributed by atoms with Crippen molar-refractivity contribution in [3.05, 3.63) is 29.0 Å². The lowest BCUT2D eigenvalue weighted by atomic mass is 10.3.